The Kier molecular flexibility index (Phi) is 12.6. The third kappa shape index (κ3) is 10.0. The van der Waals surface area contributed by atoms with Crippen LogP contribution in [-0.4, -0.2) is 64.0 Å². The SMILES string of the molecule is CCC(C)C(N)C(=O)NC(CCC(=O)O)C(=O)NC(Cc1ccccc1)C(=O)NC(C(=O)O)C(C)C. The highest BCUT2D eigenvalue weighted by Crippen LogP contribution is 2.10. The maximum Gasteiger partial charge on any atom is 0.326 e. The van der Waals surface area contributed by atoms with Gasteiger partial charge in [-0.1, -0.05) is 64.4 Å². The van der Waals surface area contributed by atoms with E-state index in [0.29, 0.717) is 12.0 Å². The van der Waals surface area contributed by atoms with Gasteiger partial charge in [-0.05, 0) is 23.8 Å². The Morgan fingerprint density at radius 2 is 1.42 bits per heavy atom. The van der Waals surface area contributed by atoms with Gasteiger partial charge in [0.1, 0.15) is 18.1 Å². The summed E-state index contributed by atoms with van der Waals surface area (Å²) in [5.74, 6) is -5.05. The molecular weight excluding hydrogens is 468 g/mol. The maximum atomic E-state index is 13.2. The standard InChI is InChI=1S/C25H38N4O7/c1-5-15(4)20(26)24(34)27-17(11-12-19(30)31)22(32)28-18(13-16-9-7-6-8-10-16)23(33)29-21(14(2)3)25(35)36/h6-10,14-15,17-18,20-21H,5,11-13,26H2,1-4H3,(H,27,34)(H,28,32)(H,29,33)(H,30,31)(H,35,36). The molecule has 7 N–H and O–H groups in total. The highest BCUT2D eigenvalue weighted by atomic mass is 16.4. The number of hydrogen-bond acceptors (Lipinski definition) is 6. The third-order valence-corrected chi connectivity index (χ3v) is 5.99. The zero-order valence-corrected chi connectivity index (χ0v) is 21.2. The fourth-order valence-electron chi connectivity index (χ4n) is 3.42. The minimum absolute atomic E-state index is 0.0504. The smallest absolute Gasteiger partial charge is 0.326 e. The van der Waals surface area contributed by atoms with Crippen molar-refractivity contribution in [3.05, 3.63) is 35.9 Å². The number of nitrogens with one attached hydrogen (secondary N) is 3. The first-order chi connectivity index (χ1) is 16.9. The van der Waals surface area contributed by atoms with Crippen LogP contribution in [0.1, 0.15) is 52.5 Å². The van der Waals surface area contributed by atoms with Crippen LogP contribution in [0.4, 0.5) is 0 Å². The first-order valence-electron chi connectivity index (χ1n) is 12.0. The monoisotopic (exact) mass is 506 g/mol. The summed E-state index contributed by atoms with van der Waals surface area (Å²) in [5, 5.41) is 26.1. The first-order valence-corrected chi connectivity index (χ1v) is 12.0. The van der Waals surface area contributed by atoms with E-state index in [0.717, 1.165) is 0 Å². The average molecular weight is 507 g/mol. The molecule has 0 aliphatic carbocycles. The van der Waals surface area contributed by atoms with E-state index in [4.69, 9.17) is 10.8 Å². The fraction of sp³-hybridized carbons (Fsp3) is 0.560. The number of rotatable bonds is 15. The van der Waals surface area contributed by atoms with Crippen molar-refractivity contribution in [2.45, 2.75) is 77.5 Å². The van der Waals surface area contributed by atoms with Gasteiger partial charge < -0.3 is 31.9 Å². The fourth-order valence-corrected chi connectivity index (χ4v) is 3.42. The van der Waals surface area contributed by atoms with Gasteiger partial charge in [-0.3, -0.25) is 19.2 Å². The molecule has 0 radical (unpaired) electrons. The molecule has 3 amide bonds. The van der Waals surface area contributed by atoms with Gasteiger partial charge >= 0.3 is 11.9 Å². The molecule has 0 saturated heterocycles. The van der Waals surface area contributed by atoms with Crippen molar-refractivity contribution in [1.29, 1.82) is 0 Å². The first kappa shape index (κ1) is 30.6. The Morgan fingerprint density at radius 3 is 1.92 bits per heavy atom. The van der Waals surface area contributed by atoms with Crippen molar-refractivity contribution in [1.82, 2.24) is 16.0 Å². The molecule has 11 heteroatoms. The number of carbonyl (C=O) groups excluding carboxylic acids is 3. The normalized spacial score (nSPS) is 15.2. The lowest BCUT2D eigenvalue weighted by Crippen LogP contribution is -2.58. The van der Waals surface area contributed by atoms with Crippen molar-refractivity contribution in [3.8, 4) is 0 Å². The lowest BCUT2D eigenvalue weighted by molar-refractivity contribution is -0.143. The summed E-state index contributed by atoms with van der Waals surface area (Å²) in [4.78, 5) is 61.5. The van der Waals surface area contributed by atoms with Crippen LogP contribution in [0.5, 0.6) is 0 Å². The Morgan fingerprint density at radius 1 is 0.861 bits per heavy atom. The van der Waals surface area contributed by atoms with Gasteiger partial charge in [0.05, 0.1) is 6.04 Å². The van der Waals surface area contributed by atoms with Gasteiger partial charge in [0.2, 0.25) is 17.7 Å². The van der Waals surface area contributed by atoms with E-state index < -0.39 is 66.2 Å². The van der Waals surface area contributed by atoms with E-state index in [1.807, 2.05) is 6.92 Å². The van der Waals surface area contributed by atoms with Crippen LogP contribution in [0.15, 0.2) is 30.3 Å². The van der Waals surface area contributed by atoms with E-state index in [-0.39, 0.29) is 18.8 Å². The molecule has 0 aromatic heterocycles. The van der Waals surface area contributed by atoms with Gasteiger partial charge in [0, 0.05) is 12.8 Å². The number of carboxylic acid groups (broad SMARTS) is 2. The number of benzene rings is 1. The quantitative estimate of drug-likeness (QED) is 0.200. The van der Waals surface area contributed by atoms with Crippen LogP contribution in [0, 0.1) is 11.8 Å². The van der Waals surface area contributed by atoms with Crippen LogP contribution in [-0.2, 0) is 30.4 Å². The van der Waals surface area contributed by atoms with Crippen LogP contribution >= 0.6 is 0 Å². The molecule has 1 aromatic rings. The van der Waals surface area contributed by atoms with Crippen LogP contribution in [0.3, 0.4) is 0 Å². The lowest BCUT2D eigenvalue weighted by Gasteiger charge is -2.26. The maximum absolute atomic E-state index is 13.2. The zero-order chi connectivity index (χ0) is 27.4. The Labute approximate surface area is 211 Å². The number of carboxylic acids is 2. The molecule has 0 spiro atoms. The Bertz CT molecular complexity index is 907. The minimum atomic E-state index is -1.25. The molecule has 0 saturated carbocycles. The molecule has 0 fully saturated rings. The number of hydrogen-bond donors (Lipinski definition) is 6. The number of nitrogens with two attached hydrogens (primary N) is 1. The molecule has 1 rings (SSSR count). The molecule has 0 heterocycles. The number of amides is 3. The largest absolute Gasteiger partial charge is 0.481 e. The molecule has 200 valence electrons. The van der Waals surface area contributed by atoms with Crippen LogP contribution in [0.25, 0.3) is 0 Å². The summed E-state index contributed by atoms with van der Waals surface area (Å²) in [7, 11) is 0. The molecule has 5 unspecified atom stereocenters. The second kappa shape index (κ2) is 14.8. The molecule has 1 aromatic carbocycles. The average Bonchev–Trinajstić information content (AvgIpc) is 2.83. The second-order valence-corrected chi connectivity index (χ2v) is 9.22. The molecule has 5 atom stereocenters. The van der Waals surface area contributed by atoms with E-state index in [9.17, 15) is 29.1 Å². The van der Waals surface area contributed by atoms with Crippen LogP contribution < -0.4 is 21.7 Å². The number of aliphatic carboxylic acids is 2. The summed E-state index contributed by atoms with van der Waals surface area (Å²) in [5.41, 5.74) is 6.67. The van der Waals surface area contributed by atoms with Gasteiger partial charge in [-0.2, -0.15) is 0 Å². The molecule has 36 heavy (non-hydrogen) atoms. The summed E-state index contributed by atoms with van der Waals surface area (Å²) >= 11 is 0. The summed E-state index contributed by atoms with van der Waals surface area (Å²) in [6, 6.07) is 4.29. The topological polar surface area (TPSA) is 188 Å². The highest BCUT2D eigenvalue weighted by molar-refractivity contribution is 5.94. The second-order valence-electron chi connectivity index (χ2n) is 9.22. The van der Waals surface area contributed by atoms with E-state index in [2.05, 4.69) is 16.0 Å². The van der Waals surface area contributed by atoms with Gasteiger partial charge in [0.25, 0.3) is 0 Å². The minimum Gasteiger partial charge on any atom is -0.481 e. The van der Waals surface area contributed by atoms with Crippen molar-refractivity contribution in [2.24, 2.45) is 17.6 Å². The summed E-state index contributed by atoms with van der Waals surface area (Å²) in [6.07, 6.45) is 0.0554. The predicted molar refractivity (Wildman–Crippen MR) is 133 cm³/mol. The summed E-state index contributed by atoms with van der Waals surface area (Å²) in [6.45, 7) is 6.93. The third-order valence-electron chi connectivity index (χ3n) is 5.99. The molecular formula is C25H38N4O7. The van der Waals surface area contributed by atoms with E-state index >= 15 is 0 Å². The molecule has 0 bridgehead atoms. The van der Waals surface area contributed by atoms with Crippen LogP contribution in [0.2, 0.25) is 0 Å². The zero-order valence-electron chi connectivity index (χ0n) is 21.2. The Balaban J connectivity index is 3.16. The molecule has 0 aliphatic heterocycles. The lowest BCUT2D eigenvalue weighted by atomic mass is 9.98. The van der Waals surface area contributed by atoms with Crippen molar-refractivity contribution in [2.75, 3.05) is 0 Å². The highest BCUT2D eigenvalue weighted by Gasteiger charge is 2.32. The van der Waals surface area contributed by atoms with Gasteiger partial charge in [-0.25, -0.2) is 4.79 Å². The van der Waals surface area contributed by atoms with Gasteiger partial charge in [0.15, 0.2) is 0 Å². The molecule has 0 aliphatic rings. The van der Waals surface area contributed by atoms with Crippen molar-refractivity contribution in [3.63, 3.8) is 0 Å². The Hall–Kier alpha value is -3.47. The predicted octanol–water partition coefficient (Wildman–Crippen LogP) is 0.662. The molecule has 11 nitrogen and oxygen atoms in total. The van der Waals surface area contributed by atoms with Gasteiger partial charge in [-0.15, -0.1) is 0 Å². The number of carbonyl (C=O) groups is 5. The van der Waals surface area contributed by atoms with E-state index in [1.54, 1.807) is 51.1 Å². The van der Waals surface area contributed by atoms with Crippen molar-refractivity contribution >= 4 is 29.7 Å². The van der Waals surface area contributed by atoms with E-state index in [1.165, 1.54) is 0 Å². The summed E-state index contributed by atoms with van der Waals surface area (Å²) < 4.78 is 0. The van der Waals surface area contributed by atoms with Crippen molar-refractivity contribution < 1.29 is 34.2 Å².